The van der Waals surface area contributed by atoms with Crippen LogP contribution in [0.5, 0.6) is 0 Å². The van der Waals surface area contributed by atoms with Gasteiger partial charge >= 0.3 is 0 Å². The monoisotopic (exact) mass is 376 g/mol. The molecule has 1 heterocycles. The molecule has 23 heavy (non-hydrogen) atoms. The normalized spacial score (nSPS) is 12.1. The van der Waals surface area contributed by atoms with Crippen LogP contribution in [0.1, 0.15) is 23.8 Å². The number of amides is 2. The lowest BCUT2D eigenvalue weighted by molar-refractivity contribution is -0.121. The summed E-state index contributed by atoms with van der Waals surface area (Å²) in [7, 11) is 1.57. The van der Waals surface area contributed by atoms with E-state index in [0.717, 1.165) is 5.56 Å². The summed E-state index contributed by atoms with van der Waals surface area (Å²) in [6.07, 6.45) is 3.12. The summed E-state index contributed by atoms with van der Waals surface area (Å²) in [6.45, 7) is 0. The molecule has 0 aliphatic heterocycles. The zero-order valence-electron chi connectivity index (χ0n) is 12.6. The summed E-state index contributed by atoms with van der Waals surface area (Å²) in [5.41, 5.74) is 0.874. The maximum atomic E-state index is 12.1. The van der Waals surface area contributed by atoms with Crippen molar-refractivity contribution in [2.24, 2.45) is 0 Å². The number of halogens is 1. The molecule has 0 saturated carbocycles. The smallest absolute Gasteiger partial charge is 0.244 e. The maximum absolute atomic E-state index is 12.1. The summed E-state index contributed by atoms with van der Waals surface area (Å²) >= 11 is 3.20. The Kier molecular flexibility index (Phi) is 6.17. The third-order valence-corrected chi connectivity index (χ3v) is 3.61. The molecule has 0 spiro atoms. The minimum atomic E-state index is -0.392. The second kappa shape index (κ2) is 8.33. The van der Waals surface area contributed by atoms with Crippen LogP contribution < -0.4 is 10.6 Å². The van der Waals surface area contributed by atoms with Gasteiger partial charge in [-0.25, -0.2) is 0 Å². The van der Waals surface area contributed by atoms with E-state index in [9.17, 15) is 9.59 Å². The molecule has 5 nitrogen and oxygen atoms in total. The number of benzene rings is 1. The van der Waals surface area contributed by atoms with Crippen molar-refractivity contribution >= 4 is 33.8 Å². The van der Waals surface area contributed by atoms with E-state index in [1.807, 2.05) is 30.3 Å². The maximum Gasteiger partial charge on any atom is 0.244 e. The van der Waals surface area contributed by atoms with Crippen molar-refractivity contribution in [2.45, 2.75) is 12.5 Å². The second-order valence-electron chi connectivity index (χ2n) is 4.82. The molecular weight excluding hydrogens is 360 g/mol. The molecule has 0 aliphatic rings. The van der Waals surface area contributed by atoms with Crippen LogP contribution in [0.15, 0.2) is 57.6 Å². The van der Waals surface area contributed by atoms with E-state index in [4.69, 9.17) is 4.42 Å². The molecule has 1 unspecified atom stereocenters. The first-order valence-corrected chi connectivity index (χ1v) is 7.87. The first kappa shape index (κ1) is 17.0. The summed E-state index contributed by atoms with van der Waals surface area (Å²) in [4.78, 5) is 23.8. The Hall–Kier alpha value is -2.34. The van der Waals surface area contributed by atoms with Crippen LogP contribution in [0.2, 0.25) is 0 Å². The van der Waals surface area contributed by atoms with E-state index in [0.29, 0.717) is 10.4 Å². The molecule has 2 rings (SSSR count). The fourth-order valence-corrected chi connectivity index (χ4v) is 2.34. The molecule has 2 aromatic rings. The van der Waals surface area contributed by atoms with Crippen molar-refractivity contribution < 1.29 is 14.0 Å². The van der Waals surface area contributed by atoms with Gasteiger partial charge in [-0.2, -0.15) is 0 Å². The van der Waals surface area contributed by atoms with Crippen LogP contribution in [-0.4, -0.2) is 18.9 Å². The van der Waals surface area contributed by atoms with Crippen LogP contribution in [0.4, 0.5) is 0 Å². The molecule has 0 aliphatic carbocycles. The quantitative estimate of drug-likeness (QED) is 0.761. The van der Waals surface area contributed by atoms with E-state index < -0.39 is 6.04 Å². The minimum absolute atomic E-state index is 0.141. The summed E-state index contributed by atoms with van der Waals surface area (Å²) in [5.74, 6) is 0.128. The molecule has 1 aromatic carbocycles. The van der Waals surface area contributed by atoms with Gasteiger partial charge in [0.2, 0.25) is 11.8 Å². The second-order valence-corrected chi connectivity index (χ2v) is 5.61. The lowest BCUT2D eigenvalue weighted by Crippen LogP contribution is -2.31. The minimum Gasteiger partial charge on any atom is -0.450 e. The van der Waals surface area contributed by atoms with Crippen molar-refractivity contribution in [3.63, 3.8) is 0 Å². The molecule has 2 N–H and O–H groups in total. The third kappa shape index (κ3) is 5.41. The highest BCUT2D eigenvalue weighted by Crippen LogP contribution is 2.17. The highest BCUT2D eigenvalue weighted by molar-refractivity contribution is 9.10. The van der Waals surface area contributed by atoms with Crippen molar-refractivity contribution in [3.05, 3.63) is 64.5 Å². The topological polar surface area (TPSA) is 71.3 Å². The Bertz CT molecular complexity index is 695. The van der Waals surface area contributed by atoms with Gasteiger partial charge in [-0.1, -0.05) is 30.3 Å². The predicted octanol–water partition coefficient (Wildman–Crippen LogP) is 3.05. The van der Waals surface area contributed by atoms with Crippen molar-refractivity contribution in [3.8, 4) is 0 Å². The fraction of sp³-hybridized carbons (Fsp3) is 0.176. The van der Waals surface area contributed by atoms with Crippen LogP contribution in [-0.2, 0) is 9.59 Å². The van der Waals surface area contributed by atoms with Gasteiger partial charge in [0.15, 0.2) is 4.67 Å². The molecule has 120 valence electrons. The van der Waals surface area contributed by atoms with Gasteiger partial charge in [0.25, 0.3) is 0 Å². The highest BCUT2D eigenvalue weighted by atomic mass is 79.9. The van der Waals surface area contributed by atoms with Crippen LogP contribution >= 0.6 is 15.9 Å². The van der Waals surface area contributed by atoms with Gasteiger partial charge < -0.3 is 15.1 Å². The SMILES string of the molecule is CNC(=O)CC(NC(=O)C=Cc1ccc(Br)o1)c1ccccc1. The fourth-order valence-electron chi connectivity index (χ4n) is 2.02. The van der Waals surface area contributed by atoms with Gasteiger partial charge in [0.1, 0.15) is 5.76 Å². The molecule has 0 bridgehead atoms. The van der Waals surface area contributed by atoms with Gasteiger partial charge in [-0.15, -0.1) is 0 Å². The predicted molar refractivity (Wildman–Crippen MR) is 91.5 cm³/mol. The molecule has 0 fully saturated rings. The summed E-state index contributed by atoms with van der Waals surface area (Å²) in [5, 5.41) is 5.41. The molecule has 1 atom stereocenters. The van der Waals surface area contributed by atoms with E-state index in [1.54, 1.807) is 25.3 Å². The van der Waals surface area contributed by atoms with Crippen LogP contribution in [0.3, 0.4) is 0 Å². The Morgan fingerprint density at radius 2 is 1.96 bits per heavy atom. The Labute approximate surface area is 142 Å². The lowest BCUT2D eigenvalue weighted by atomic mass is 10.0. The standard InChI is InChI=1S/C17H17BrN2O3/c1-19-17(22)11-14(12-5-3-2-4-6-12)20-16(21)10-8-13-7-9-15(18)23-13/h2-10,14H,11H2,1H3,(H,19,22)(H,20,21). The van der Waals surface area contributed by atoms with Crippen LogP contribution in [0.25, 0.3) is 6.08 Å². The molecule has 0 radical (unpaired) electrons. The Morgan fingerprint density at radius 3 is 2.57 bits per heavy atom. The largest absolute Gasteiger partial charge is 0.450 e. The number of carbonyl (C=O) groups excluding carboxylic acids is 2. The number of hydrogen-bond acceptors (Lipinski definition) is 3. The van der Waals surface area contributed by atoms with Gasteiger partial charge in [0, 0.05) is 13.1 Å². The molecule has 0 saturated heterocycles. The van der Waals surface area contributed by atoms with Crippen molar-refractivity contribution in [1.82, 2.24) is 10.6 Å². The van der Waals surface area contributed by atoms with Gasteiger partial charge in [-0.3, -0.25) is 9.59 Å². The molecular formula is C17H17BrN2O3. The van der Waals surface area contributed by atoms with Crippen molar-refractivity contribution in [1.29, 1.82) is 0 Å². The molecule has 6 heteroatoms. The lowest BCUT2D eigenvalue weighted by Gasteiger charge is -2.17. The number of nitrogens with one attached hydrogen (secondary N) is 2. The highest BCUT2D eigenvalue weighted by Gasteiger charge is 2.16. The van der Waals surface area contributed by atoms with Gasteiger partial charge in [0.05, 0.1) is 12.5 Å². The van der Waals surface area contributed by atoms with Crippen LogP contribution in [0, 0.1) is 0 Å². The number of rotatable bonds is 6. The zero-order chi connectivity index (χ0) is 16.7. The Morgan fingerprint density at radius 1 is 1.22 bits per heavy atom. The molecule has 1 aromatic heterocycles. The van der Waals surface area contributed by atoms with Crippen molar-refractivity contribution in [2.75, 3.05) is 7.05 Å². The first-order valence-electron chi connectivity index (χ1n) is 7.08. The van der Waals surface area contributed by atoms with Gasteiger partial charge in [-0.05, 0) is 39.7 Å². The zero-order valence-corrected chi connectivity index (χ0v) is 14.2. The number of furan rings is 1. The first-order chi connectivity index (χ1) is 11.1. The van der Waals surface area contributed by atoms with E-state index in [2.05, 4.69) is 26.6 Å². The molecule has 2 amide bonds. The number of hydrogen-bond donors (Lipinski definition) is 2. The summed E-state index contributed by atoms with van der Waals surface area (Å²) < 4.78 is 5.89. The van der Waals surface area contributed by atoms with E-state index >= 15 is 0 Å². The third-order valence-electron chi connectivity index (χ3n) is 3.18. The number of carbonyl (C=O) groups is 2. The average molecular weight is 377 g/mol. The summed E-state index contributed by atoms with van der Waals surface area (Å²) in [6, 6.07) is 12.5. The van der Waals surface area contributed by atoms with E-state index in [-0.39, 0.29) is 18.2 Å². The Balaban J connectivity index is 2.06. The average Bonchev–Trinajstić information content (AvgIpc) is 2.98. The van der Waals surface area contributed by atoms with E-state index in [1.165, 1.54) is 6.08 Å².